The summed E-state index contributed by atoms with van der Waals surface area (Å²) in [5.41, 5.74) is 6.55. The molecule has 0 bridgehead atoms. The van der Waals surface area contributed by atoms with Crippen molar-refractivity contribution in [2.24, 2.45) is 0 Å². The van der Waals surface area contributed by atoms with E-state index in [9.17, 15) is 4.79 Å². The first-order valence-electron chi connectivity index (χ1n) is 5.19. The van der Waals surface area contributed by atoms with Gasteiger partial charge in [-0.05, 0) is 18.2 Å². The van der Waals surface area contributed by atoms with E-state index in [1.165, 1.54) is 18.2 Å². The van der Waals surface area contributed by atoms with Crippen molar-refractivity contribution in [3.63, 3.8) is 0 Å². The molecule has 0 fully saturated rings. The minimum absolute atomic E-state index is 0.0982. The lowest BCUT2D eigenvalue weighted by Crippen LogP contribution is -2.31. The Kier molecular flexibility index (Phi) is 4.74. The van der Waals surface area contributed by atoms with Gasteiger partial charge >= 0.3 is 5.97 Å². The number of aliphatic hydroxyl groups excluding tert-OH is 2. The second-order valence-corrected chi connectivity index (χ2v) is 3.52. The summed E-state index contributed by atoms with van der Waals surface area (Å²) in [6.07, 6.45) is 0. The number of benzene rings is 1. The van der Waals surface area contributed by atoms with Crippen LogP contribution < -0.4 is 10.6 Å². The number of carboxylic acids is 1. The average Bonchev–Trinajstić information content (AvgIpc) is 2.28. The first-order chi connectivity index (χ1) is 8.10. The van der Waals surface area contributed by atoms with E-state index in [0.717, 1.165) is 0 Å². The van der Waals surface area contributed by atoms with Crippen LogP contribution in [0.5, 0.6) is 0 Å². The number of hydrogen-bond donors (Lipinski definition) is 4. The molecule has 0 amide bonds. The zero-order valence-corrected chi connectivity index (χ0v) is 9.33. The van der Waals surface area contributed by atoms with Crippen LogP contribution in [-0.4, -0.2) is 47.6 Å². The molecule has 0 unspecified atom stereocenters. The van der Waals surface area contributed by atoms with Crippen LogP contribution in [0.2, 0.25) is 0 Å². The van der Waals surface area contributed by atoms with E-state index in [0.29, 0.717) is 11.4 Å². The molecule has 1 aromatic rings. The molecule has 6 heteroatoms. The predicted molar refractivity (Wildman–Crippen MR) is 64.2 cm³/mol. The molecule has 0 aromatic heterocycles. The Balaban J connectivity index is 3.14. The minimum Gasteiger partial charge on any atom is -0.478 e. The standard InChI is InChI=1S/C11H16N2O4/c12-8-1-2-9(11(16)17)10(7-8)13(3-5-14)4-6-15/h1-2,7,14-15H,3-6,12H2,(H,16,17). The Hall–Kier alpha value is -1.79. The molecule has 94 valence electrons. The third-order valence-electron chi connectivity index (χ3n) is 2.33. The fraction of sp³-hybridized carbons (Fsp3) is 0.364. The minimum atomic E-state index is -1.07. The second-order valence-electron chi connectivity index (χ2n) is 3.52. The summed E-state index contributed by atoms with van der Waals surface area (Å²) < 4.78 is 0. The van der Waals surface area contributed by atoms with Crippen LogP contribution in [0.25, 0.3) is 0 Å². The van der Waals surface area contributed by atoms with Gasteiger partial charge in [0.25, 0.3) is 0 Å². The SMILES string of the molecule is Nc1ccc(C(=O)O)c(N(CCO)CCO)c1. The van der Waals surface area contributed by atoms with Gasteiger partial charge in [0.1, 0.15) is 0 Å². The Morgan fingerprint density at radius 2 is 1.82 bits per heavy atom. The lowest BCUT2D eigenvalue weighted by Gasteiger charge is -2.24. The van der Waals surface area contributed by atoms with Crippen molar-refractivity contribution in [2.75, 3.05) is 36.9 Å². The molecule has 1 aromatic carbocycles. The van der Waals surface area contributed by atoms with E-state index in [4.69, 9.17) is 21.1 Å². The number of anilines is 2. The predicted octanol–water partition coefficient (Wildman–Crippen LogP) is -0.242. The van der Waals surface area contributed by atoms with Crippen LogP contribution in [-0.2, 0) is 0 Å². The summed E-state index contributed by atoms with van der Waals surface area (Å²) in [4.78, 5) is 12.6. The third kappa shape index (κ3) is 3.33. The van der Waals surface area contributed by atoms with Gasteiger partial charge < -0.3 is 26.0 Å². The van der Waals surface area contributed by atoms with Gasteiger partial charge in [0.2, 0.25) is 0 Å². The highest BCUT2D eigenvalue weighted by Crippen LogP contribution is 2.23. The molecule has 0 aliphatic rings. The van der Waals surface area contributed by atoms with Crippen LogP contribution in [0.4, 0.5) is 11.4 Å². The van der Waals surface area contributed by atoms with Crippen LogP contribution in [0.15, 0.2) is 18.2 Å². The van der Waals surface area contributed by atoms with Crippen LogP contribution in [0.1, 0.15) is 10.4 Å². The van der Waals surface area contributed by atoms with Crippen molar-refractivity contribution in [1.29, 1.82) is 0 Å². The Morgan fingerprint density at radius 1 is 1.24 bits per heavy atom. The van der Waals surface area contributed by atoms with Crippen molar-refractivity contribution in [3.8, 4) is 0 Å². The van der Waals surface area contributed by atoms with Gasteiger partial charge in [-0.3, -0.25) is 0 Å². The van der Waals surface area contributed by atoms with Crippen molar-refractivity contribution in [1.82, 2.24) is 0 Å². The normalized spacial score (nSPS) is 10.2. The highest BCUT2D eigenvalue weighted by atomic mass is 16.4. The number of rotatable bonds is 6. The summed E-state index contributed by atoms with van der Waals surface area (Å²) in [5, 5.41) is 26.9. The lowest BCUT2D eigenvalue weighted by atomic mass is 10.1. The number of carboxylic acid groups (broad SMARTS) is 1. The largest absolute Gasteiger partial charge is 0.478 e. The van der Waals surface area contributed by atoms with Gasteiger partial charge in [-0.25, -0.2) is 4.79 Å². The second kappa shape index (κ2) is 6.07. The Bertz CT molecular complexity index is 389. The number of aliphatic hydroxyl groups is 2. The molecule has 0 spiro atoms. The number of nitrogens with zero attached hydrogens (tertiary/aromatic N) is 1. The molecular formula is C11H16N2O4. The summed E-state index contributed by atoms with van der Waals surface area (Å²) in [6, 6.07) is 4.44. The van der Waals surface area contributed by atoms with E-state index in [2.05, 4.69) is 0 Å². The first-order valence-corrected chi connectivity index (χ1v) is 5.19. The maximum atomic E-state index is 11.1. The van der Waals surface area contributed by atoms with Crippen molar-refractivity contribution >= 4 is 17.3 Å². The number of aromatic carboxylic acids is 1. The monoisotopic (exact) mass is 240 g/mol. The quantitative estimate of drug-likeness (QED) is 0.511. The topological polar surface area (TPSA) is 107 Å². The van der Waals surface area contributed by atoms with Gasteiger partial charge in [0, 0.05) is 18.8 Å². The van der Waals surface area contributed by atoms with Crippen LogP contribution >= 0.6 is 0 Å². The fourth-order valence-corrected chi connectivity index (χ4v) is 1.59. The summed E-state index contributed by atoms with van der Waals surface area (Å²) >= 11 is 0. The van der Waals surface area contributed by atoms with Crippen molar-refractivity contribution < 1.29 is 20.1 Å². The molecule has 0 atom stereocenters. The highest BCUT2D eigenvalue weighted by molar-refractivity contribution is 5.95. The van der Waals surface area contributed by atoms with E-state index in [1.54, 1.807) is 4.90 Å². The zero-order valence-electron chi connectivity index (χ0n) is 9.33. The van der Waals surface area contributed by atoms with Gasteiger partial charge in [-0.15, -0.1) is 0 Å². The third-order valence-corrected chi connectivity index (χ3v) is 2.33. The van der Waals surface area contributed by atoms with Gasteiger partial charge in [-0.1, -0.05) is 0 Å². The van der Waals surface area contributed by atoms with Gasteiger partial charge in [-0.2, -0.15) is 0 Å². The molecule has 0 saturated carbocycles. The summed E-state index contributed by atoms with van der Waals surface area (Å²) in [7, 11) is 0. The summed E-state index contributed by atoms with van der Waals surface area (Å²) in [5.74, 6) is -1.07. The number of nitrogen functional groups attached to an aromatic ring is 1. The highest BCUT2D eigenvalue weighted by Gasteiger charge is 2.15. The van der Waals surface area contributed by atoms with Crippen molar-refractivity contribution in [3.05, 3.63) is 23.8 Å². The van der Waals surface area contributed by atoms with Crippen LogP contribution in [0.3, 0.4) is 0 Å². The molecule has 0 aliphatic carbocycles. The van der Waals surface area contributed by atoms with E-state index < -0.39 is 5.97 Å². The lowest BCUT2D eigenvalue weighted by molar-refractivity contribution is 0.0697. The van der Waals surface area contributed by atoms with E-state index in [1.807, 2.05) is 0 Å². The molecule has 1 rings (SSSR count). The molecule has 0 radical (unpaired) electrons. The van der Waals surface area contributed by atoms with Crippen molar-refractivity contribution in [2.45, 2.75) is 0 Å². The number of nitrogens with two attached hydrogens (primary N) is 1. The van der Waals surface area contributed by atoms with Gasteiger partial charge in [0.15, 0.2) is 0 Å². The molecule has 6 nitrogen and oxygen atoms in total. The molecule has 17 heavy (non-hydrogen) atoms. The molecule has 0 saturated heterocycles. The summed E-state index contributed by atoms with van der Waals surface area (Å²) in [6.45, 7) is 0.219. The fourth-order valence-electron chi connectivity index (χ4n) is 1.59. The maximum absolute atomic E-state index is 11.1. The first kappa shape index (κ1) is 13.3. The molecular weight excluding hydrogens is 224 g/mol. The molecule has 5 N–H and O–H groups in total. The number of carbonyl (C=O) groups is 1. The molecule has 0 aliphatic heterocycles. The Morgan fingerprint density at radius 3 is 2.29 bits per heavy atom. The van der Waals surface area contributed by atoms with Crippen LogP contribution in [0, 0.1) is 0 Å². The average molecular weight is 240 g/mol. The van der Waals surface area contributed by atoms with E-state index in [-0.39, 0.29) is 31.9 Å². The van der Waals surface area contributed by atoms with Gasteiger partial charge in [0.05, 0.1) is 24.5 Å². The van der Waals surface area contributed by atoms with E-state index >= 15 is 0 Å². The molecule has 0 heterocycles. The smallest absolute Gasteiger partial charge is 0.337 e. The number of hydrogen-bond acceptors (Lipinski definition) is 5. The zero-order chi connectivity index (χ0) is 12.8. The maximum Gasteiger partial charge on any atom is 0.337 e. The Labute approximate surface area is 98.9 Å².